The van der Waals surface area contributed by atoms with Gasteiger partial charge in [0, 0.05) is 23.2 Å². The minimum Gasteiger partial charge on any atom is -0.505 e. The summed E-state index contributed by atoms with van der Waals surface area (Å²) in [5, 5.41) is 15.2. The molecule has 0 unspecified atom stereocenters. The van der Waals surface area contributed by atoms with Gasteiger partial charge in [-0.25, -0.2) is 13.8 Å². The molecule has 2 aromatic carbocycles. The van der Waals surface area contributed by atoms with E-state index in [2.05, 4.69) is 10.5 Å². The van der Waals surface area contributed by atoms with Crippen molar-refractivity contribution >= 4 is 50.6 Å². The van der Waals surface area contributed by atoms with E-state index in [1.807, 2.05) is 0 Å². The van der Waals surface area contributed by atoms with Crippen molar-refractivity contribution in [3.05, 3.63) is 69.3 Å². The molecule has 0 fully saturated rings. The largest absolute Gasteiger partial charge is 0.505 e. The third kappa shape index (κ3) is 3.46. The fourth-order valence-corrected chi connectivity index (χ4v) is 4.66. The zero-order chi connectivity index (χ0) is 20.6. The number of aliphatic hydroxyl groups is 1. The molecule has 0 bridgehead atoms. The van der Waals surface area contributed by atoms with E-state index in [0.29, 0.717) is 21.3 Å². The van der Waals surface area contributed by atoms with Gasteiger partial charge in [0.15, 0.2) is 11.5 Å². The molecule has 3 rings (SSSR count). The van der Waals surface area contributed by atoms with E-state index in [1.54, 1.807) is 25.1 Å². The van der Waals surface area contributed by atoms with Gasteiger partial charge in [-0.15, -0.1) is 0 Å². The number of aliphatic hydroxyl groups excluding tert-OH is 1. The van der Waals surface area contributed by atoms with E-state index >= 15 is 0 Å². The lowest BCUT2D eigenvalue weighted by atomic mass is 10.1. The second kappa shape index (κ2) is 7.46. The second-order valence-corrected chi connectivity index (χ2v) is 8.71. The molecule has 0 aromatic heterocycles. The number of nitrogens with one attached hydrogen (secondary N) is 1. The highest BCUT2D eigenvalue weighted by atomic mass is 35.5. The molecule has 0 saturated carbocycles. The molecule has 1 amide bonds. The van der Waals surface area contributed by atoms with Gasteiger partial charge >= 0.3 is 0 Å². The maximum absolute atomic E-state index is 12.6. The van der Waals surface area contributed by atoms with Crippen LogP contribution in [0.5, 0.6) is 0 Å². The number of likely N-dealkylation sites (N-methyl/N-ethyl adjacent to an activating group) is 1. The maximum Gasteiger partial charge on any atom is 0.292 e. The Balaban J connectivity index is 1.96. The molecular formula is C18H15Cl2N3O4S. The zero-order valence-corrected chi connectivity index (χ0v) is 17.1. The summed E-state index contributed by atoms with van der Waals surface area (Å²) in [5.74, 6) is -1.34. The standard InChI is InChI=1S/C18H15Cl2N3O4S/c1-10(12-8-7-11(19)9-14(12)20)21-22-18(25)16-17(24)13-5-3-4-6-15(13)28(26,27)23(16)2/h3-9,24H,1-2H3,(H,22,25)/b21-10+. The molecule has 2 N–H and O–H groups in total. The van der Waals surface area contributed by atoms with Crippen LogP contribution >= 0.6 is 23.2 Å². The van der Waals surface area contributed by atoms with E-state index in [0.717, 1.165) is 4.31 Å². The molecule has 146 valence electrons. The topological polar surface area (TPSA) is 99.1 Å². The summed E-state index contributed by atoms with van der Waals surface area (Å²) in [6.07, 6.45) is 0. The number of benzene rings is 2. The lowest BCUT2D eigenvalue weighted by Gasteiger charge is -2.27. The normalized spacial score (nSPS) is 16.0. The predicted octanol–water partition coefficient (Wildman–Crippen LogP) is 3.39. The molecule has 0 atom stereocenters. The lowest BCUT2D eigenvalue weighted by molar-refractivity contribution is -0.118. The molecule has 1 aliphatic heterocycles. The van der Waals surface area contributed by atoms with Gasteiger partial charge < -0.3 is 5.11 Å². The van der Waals surface area contributed by atoms with Crippen LogP contribution in [0.15, 0.2) is 58.2 Å². The Labute approximate surface area is 171 Å². The molecule has 7 nitrogen and oxygen atoms in total. The number of hydrogen-bond acceptors (Lipinski definition) is 5. The van der Waals surface area contributed by atoms with Crippen LogP contribution in [0.4, 0.5) is 0 Å². The van der Waals surface area contributed by atoms with Crippen LogP contribution in [0.25, 0.3) is 5.76 Å². The smallest absolute Gasteiger partial charge is 0.292 e. The Hall–Kier alpha value is -2.55. The van der Waals surface area contributed by atoms with Gasteiger partial charge in [0.25, 0.3) is 15.9 Å². The minimum absolute atomic E-state index is 0.0483. The molecule has 1 aliphatic rings. The van der Waals surface area contributed by atoms with Crippen LogP contribution in [-0.2, 0) is 14.8 Å². The van der Waals surface area contributed by atoms with E-state index in [-0.39, 0.29) is 10.5 Å². The Morgan fingerprint density at radius 1 is 1.18 bits per heavy atom. The molecule has 0 aliphatic carbocycles. The van der Waals surface area contributed by atoms with E-state index in [1.165, 1.54) is 31.3 Å². The number of fused-ring (bicyclic) bond motifs is 1. The van der Waals surface area contributed by atoms with E-state index in [9.17, 15) is 18.3 Å². The number of hydrazone groups is 1. The zero-order valence-electron chi connectivity index (χ0n) is 14.8. The first-order valence-electron chi connectivity index (χ1n) is 7.96. The molecule has 0 spiro atoms. The highest BCUT2D eigenvalue weighted by Crippen LogP contribution is 2.34. The first kappa shape index (κ1) is 20.2. The number of nitrogens with zero attached hydrogens (tertiary/aromatic N) is 2. The second-order valence-electron chi connectivity index (χ2n) is 5.93. The van der Waals surface area contributed by atoms with Crippen LogP contribution in [0.3, 0.4) is 0 Å². The molecular weight excluding hydrogens is 425 g/mol. The summed E-state index contributed by atoms with van der Waals surface area (Å²) < 4.78 is 26.0. The molecule has 2 aromatic rings. The predicted molar refractivity (Wildman–Crippen MR) is 108 cm³/mol. The van der Waals surface area contributed by atoms with Gasteiger partial charge in [0.05, 0.1) is 15.6 Å². The first-order valence-corrected chi connectivity index (χ1v) is 10.2. The van der Waals surface area contributed by atoms with Crippen LogP contribution in [0, 0.1) is 0 Å². The van der Waals surface area contributed by atoms with Crippen LogP contribution in [0.1, 0.15) is 18.1 Å². The Morgan fingerprint density at radius 2 is 1.86 bits per heavy atom. The maximum atomic E-state index is 12.6. The fraction of sp³-hybridized carbons (Fsp3) is 0.111. The third-order valence-corrected chi connectivity index (χ3v) is 6.54. The molecule has 1 heterocycles. The van der Waals surface area contributed by atoms with Crippen molar-refractivity contribution in [2.75, 3.05) is 7.05 Å². The highest BCUT2D eigenvalue weighted by Gasteiger charge is 2.37. The SMILES string of the molecule is C/C(=N\NC(=O)C1=C(O)c2ccccc2S(=O)(=O)N1C)c1ccc(Cl)cc1Cl. The van der Waals surface area contributed by atoms with Crippen molar-refractivity contribution in [3.63, 3.8) is 0 Å². The van der Waals surface area contributed by atoms with Crippen molar-refractivity contribution in [1.29, 1.82) is 0 Å². The van der Waals surface area contributed by atoms with Crippen molar-refractivity contribution in [3.8, 4) is 0 Å². The van der Waals surface area contributed by atoms with Gasteiger partial charge in [-0.1, -0.05) is 41.4 Å². The summed E-state index contributed by atoms with van der Waals surface area (Å²) in [6.45, 7) is 1.61. The summed E-state index contributed by atoms with van der Waals surface area (Å²) in [7, 11) is -2.80. The summed E-state index contributed by atoms with van der Waals surface area (Å²) in [6, 6.07) is 10.7. The minimum atomic E-state index is -3.98. The number of amides is 1. The van der Waals surface area contributed by atoms with Gasteiger partial charge in [-0.2, -0.15) is 5.10 Å². The summed E-state index contributed by atoms with van der Waals surface area (Å²) >= 11 is 12.0. The average molecular weight is 440 g/mol. The lowest BCUT2D eigenvalue weighted by Crippen LogP contribution is -2.38. The number of carbonyl (C=O) groups excluding carboxylic acids is 1. The van der Waals surface area contributed by atoms with Crippen molar-refractivity contribution in [1.82, 2.24) is 9.73 Å². The van der Waals surface area contributed by atoms with Crippen LogP contribution in [0.2, 0.25) is 10.0 Å². The fourth-order valence-electron chi connectivity index (χ4n) is 2.71. The quantitative estimate of drug-likeness (QED) is 0.565. The summed E-state index contributed by atoms with van der Waals surface area (Å²) in [5.41, 5.74) is 2.78. The first-order chi connectivity index (χ1) is 13.1. The Kier molecular flexibility index (Phi) is 5.38. The van der Waals surface area contributed by atoms with E-state index < -0.39 is 27.4 Å². The molecule has 0 saturated heterocycles. The third-order valence-electron chi connectivity index (χ3n) is 4.18. The number of hydrogen-bond donors (Lipinski definition) is 2. The molecule has 28 heavy (non-hydrogen) atoms. The van der Waals surface area contributed by atoms with Gasteiger partial charge in [-0.05, 0) is 31.2 Å². The summed E-state index contributed by atoms with van der Waals surface area (Å²) in [4.78, 5) is 12.5. The molecule has 10 heteroatoms. The van der Waals surface area contributed by atoms with Gasteiger partial charge in [0.1, 0.15) is 0 Å². The number of halogens is 2. The van der Waals surface area contributed by atoms with Crippen molar-refractivity contribution in [2.24, 2.45) is 5.10 Å². The Morgan fingerprint density at radius 3 is 2.54 bits per heavy atom. The van der Waals surface area contributed by atoms with Crippen LogP contribution < -0.4 is 5.43 Å². The average Bonchev–Trinajstić information content (AvgIpc) is 2.65. The van der Waals surface area contributed by atoms with Gasteiger partial charge in [-0.3, -0.25) is 9.10 Å². The Bertz CT molecular complexity index is 1140. The number of rotatable bonds is 3. The van der Waals surface area contributed by atoms with Gasteiger partial charge in [0.2, 0.25) is 0 Å². The van der Waals surface area contributed by atoms with Crippen molar-refractivity contribution < 1.29 is 18.3 Å². The highest BCUT2D eigenvalue weighted by molar-refractivity contribution is 7.89. The number of sulfonamides is 1. The van der Waals surface area contributed by atoms with Crippen molar-refractivity contribution in [2.45, 2.75) is 11.8 Å². The van der Waals surface area contributed by atoms with Crippen LogP contribution in [-0.4, -0.2) is 36.5 Å². The van der Waals surface area contributed by atoms with E-state index in [4.69, 9.17) is 23.2 Å². The monoisotopic (exact) mass is 439 g/mol. The number of carbonyl (C=O) groups is 1. The molecule has 0 radical (unpaired) electrons.